The Kier molecular flexibility index (Phi) is 3.82. The summed E-state index contributed by atoms with van der Waals surface area (Å²) in [6.07, 6.45) is 3.31. The second kappa shape index (κ2) is 5.93. The van der Waals surface area contributed by atoms with Crippen molar-refractivity contribution in [1.29, 1.82) is 0 Å². The number of nitrogens with zero attached hydrogens (tertiary/aromatic N) is 4. The Bertz CT molecular complexity index is 785. The second-order valence-corrected chi connectivity index (χ2v) is 5.29. The summed E-state index contributed by atoms with van der Waals surface area (Å²) in [7, 11) is 0. The van der Waals surface area contributed by atoms with E-state index in [2.05, 4.69) is 20.3 Å². The zero-order chi connectivity index (χ0) is 15.5. The van der Waals surface area contributed by atoms with E-state index in [4.69, 9.17) is 8.94 Å². The van der Waals surface area contributed by atoms with E-state index < -0.39 is 0 Å². The van der Waals surface area contributed by atoms with Crippen LogP contribution in [0.1, 0.15) is 43.0 Å². The highest BCUT2D eigenvalue weighted by Gasteiger charge is 2.09. The van der Waals surface area contributed by atoms with Gasteiger partial charge in [-0.15, -0.1) is 10.2 Å². The van der Waals surface area contributed by atoms with E-state index in [-0.39, 0.29) is 5.92 Å². The lowest BCUT2D eigenvalue weighted by Crippen LogP contribution is -1.85. The van der Waals surface area contributed by atoms with Crippen LogP contribution in [0, 0.1) is 6.92 Å². The third kappa shape index (κ3) is 3.11. The largest absolute Gasteiger partial charge is 0.421 e. The summed E-state index contributed by atoms with van der Waals surface area (Å²) in [6.45, 7) is 6.02. The first-order valence-electron chi connectivity index (χ1n) is 7.04. The van der Waals surface area contributed by atoms with E-state index in [1.165, 1.54) is 5.56 Å². The molecule has 6 nitrogen and oxygen atoms in total. The number of aromatic nitrogens is 4. The molecule has 0 radical (unpaired) electrons. The van der Waals surface area contributed by atoms with Gasteiger partial charge in [0, 0.05) is 23.6 Å². The fourth-order valence-corrected chi connectivity index (χ4v) is 1.81. The third-order valence-corrected chi connectivity index (χ3v) is 3.07. The third-order valence-electron chi connectivity index (χ3n) is 3.07. The summed E-state index contributed by atoms with van der Waals surface area (Å²) in [4.78, 5) is 4.31. The summed E-state index contributed by atoms with van der Waals surface area (Å²) in [5.41, 5.74) is 2.10. The van der Waals surface area contributed by atoms with Gasteiger partial charge >= 0.3 is 0 Å². The van der Waals surface area contributed by atoms with Crippen LogP contribution in [-0.2, 0) is 0 Å². The maximum atomic E-state index is 5.47. The van der Waals surface area contributed by atoms with Crippen LogP contribution in [0.25, 0.3) is 23.5 Å². The minimum Gasteiger partial charge on any atom is -0.421 e. The fraction of sp³-hybridized carbons (Fsp3) is 0.250. The topological polar surface area (TPSA) is 77.8 Å². The molecule has 1 aromatic carbocycles. The Morgan fingerprint density at radius 3 is 2.41 bits per heavy atom. The van der Waals surface area contributed by atoms with Crippen LogP contribution in [0.2, 0.25) is 0 Å². The molecule has 0 spiro atoms. The van der Waals surface area contributed by atoms with Crippen molar-refractivity contribution < 1.29 is 8.94 Å². The molecule has 3 rings (SSSR count). The normalized spacial score (nSPS) is 11.6. The van der Waals surface area contributed by atoms with Crippen molar-refractivity contribution in [2.75, 3.05) is 0 Å². The first-order valence-corrected chi connectivity index (χ1v) is 7.04. The van der Waals surface area contributed by atoms with Crippen LogP contribution in [0.4, 0.5) is 0 Å². The molecule has 0 aliphatic rings. The van der Waals surface area contributed by atoms with Crippen LogP contribution < -0.4 is 0 Å². The molecular formula is C16H16N4O2. The van der Waals surface area contributed by atoms with Crippen molar-refractivity contribution >= 4 is 12.2 Å². The van der Waals surface area contributed by atoms with Crippen LogP contribution in [0.15, 0.2) is 33.2 Å². The van der Waals surface area contributed by atoms with Crippen molar-refractivity contribution in [2.45, 2.75) is 26.7 Å². The standard InChI is InChI=1S/C16H16N4O2/c1-10(2)16-19-18-14(21-16)9-8-13-17-15(20-22-13)12-6-4-11(3)5-7-12/h4-10H,1-3H3/b9-8+. The highest BCUT2D eigenvalue weighted by Crippen LogP contribution is 2.18. The Morgan fingerprint density at radius 1 is 1.00 bits per heavy atom. The quantitative estimate of drug-likeness (QED) is 0.730. The van der Waals surface area contributed by atoms with Crippen LogP contribution in [0.5, 0.6) is 0 Å². The van der Waals surface area contributed by atoms with Crippen molar-refractivity contribution in [3.05, 3.63) is 47.5 Å². The van der Waals surface area contributed by atoms with Crippen LogP contribution >= 0.6 is 0 Å². The first kappa shape index (κ1) is 14.2. The van der Waals surface area contributed by atoms with Gasteiger partial charge in [0.25, 0.3) is 5.89 Å². The SMILES string of the molecule is Cc1ccc(-c2noc(/C=C/c3nnc(C(C)C)o3)n2)cc1. The maximum absolute atomic E-state index is 5.47. The van der Waals surface area contributed by atoms with Gasteiger partial charge < -0.3 is 8.94 Å². The molecular weight excluding hydrogens is 280 g/mol. The Morgan fingerprint density at radius 2 is 1.73 bits per heavy atom. The van der Waals surface area contributed by atoms with Crippen molar-refractivity contribution in [3.8, 4) is 11.4 Å². The fourth-order valence-electron chi connectivity index (χ4n) is 1.81. The highest BCUT2D eigenvalue weighted by molar-refractivity contribution is 5.63. The molecule has 0 bridgehead atoms. The second-order valence-electron chi connectivity index (χ2n) is 5.29. The molecule has 22 heavy (non-hydrogen) atoms. The Hall–Kier alpha value is -2.76. The molecule has 3 aromatic rings. The number of benzene rings is 1. The lowest BCUT2D eigenvalue weighted by Gasteiger charge is -1.94. The minimum atomic E-state index is 0.200. The molecule has 6 heteroatoms. The molecule has 0 saturated carbocycles. The molecule has 2 aromatic heterocycles. The minimum absolute atomic E-state index is 0.200. The molecule has 2 heterocycles. The Labute approximate surface area is 127 Å². The molecule has 0 unspecified atom stereocenters. The van der Waals surface area contributed by atoms with E-state index in [0.717, 1.165) is 5.56 Å². The lowest BCUT2D eigenvalue weighted by molar-refractivity contribution is 0.411. The molecule has 0 aliphatic carbocycles. The summed E-state index contributed by atoms with van der Waals surface area (Å²) in [5.74, 6) is 2.16. The molecule has 0 N–H and O–H groups in total. The lowest BCUT2D eigenvalue weighted by atomic mass is 10.1. The van der Waals surface area contributed by atoms with E-state index in [1.54, 1.807) is 12.2 Å². The smallest absolute Gasteiger partial charge is 0.251 e. The van der Waals surface area contributed by atoms with E-state index >= 15 is 0 Å². The van der Waals surface area contributed by atoms with Gasteiger partial charge in [-0.25, -0.2) is 0 Å². The van der Waals surface area contributed by atoms with Crippen molar-refractivity contribution in [2.24, 2.45) is 0 Å². The monoisotopic (exact) mass is 296 g/mol. The predicted molar refractivity (Wildman–Crippen MR) is 81.8 cm³/mol. The summed E-state index contributed by atoms with van der Waals surface area (Å²) >= 11 is 0. The van der Waals surface area contributed by atoms with Gasteiger partial charge in [0.2, 0.25) is 17.6 Å². The average Bonchev–Trinajstić information content (AvgIpc) is 3.15. The Balaban J connectivity index is 1.76. The average molecular weight is 296 g/mol. The summed E-state index contributed by atoms with van der Waals surface area (Å²) in [6, 6.07) is 7.93. The van der Waals surface area contributed by atoms with Gasteiger partial charge in [-0.1, -0.05) is 48.8 Å². The van der Waals surface area contributed by atoms with Crippen LogP contribution in [-0.4, -0.2) is 20.3 Å². The van der Waals surface area contributed by atoms with Gasteiger partial charge in [-0.2, -0.15) is 4.98 Å². The first-order chi connectivity index (χ1) is 10.6. The number of aryl methyl sites for hydroxylation is 1. The molecule has 112 valence electrons. The van der Waals surface area contributed by atoms with Crippen LogP contribution in [0.3, 0.4) is 0 Å². The molecule has 0 aliphatic heterocycles. The summed E-state index contributed by atoms with van der Waals surface area (Å²) in [5, 5.41) is 11.8. The van der Waals surface area contributed by atoms with Gasteiger partial charge in [0.05, 0.1) is 0 Å². The van der Waals surface area contributed by atoms with Crippen molar-refractivity contribution in [1.82, 2.24) is 20.3 Å². The molecule has 0 saturated heterocycles. The van der Waals surface area contributed by atoms with Gasteiger partial charge in [0.1, 0.15) is 0 Å². The summed E-state index contributed by atoms with van der Waals surface area (Å²) < 4.78 is 10.7. The zero-order valence-electron chi connectivity index (χ0n) is 12.6. The predicted octanol–water partition coefficient (Wildman–Crippen LogP) is 3.72. The van der Waals surface area contributed by atoms with E-state index in [1.807, 2.05) is 45.0 Å². The van der Waals surface area contributed by atoms with Crippen molar-refractivity contribution in [3.63, 3.8) is 0 Å². The molecule has 0 fully saturated rings. The number of rotatable bonds is 4. The zero-order valence-corrected chi connectivity index (χ0v) is 12.6. The highest BCUT2D eigenvalue weighted by atomic mass is 16.5. The number of hydrogen-bond donors (Lipinski definition) is 0. The van der Waals surface area contributed by atoms with E-state index in [9.17, 15) is 0 Å². The molecule has 0 amide bonds. The van der Waals surface area contributed by atoms with Gasteiger partial charge in [0.15, 0.2) is 0 Å². The maximum Gasteiger partial charge on any atom is 0.251 e. The van der Waals surface area contributed by atoms with E-state index in [0.29, 0.717) is 23.5 Å². The molecule has 0 atom stereocenters. The number of hydrogen-bond acceptors (Lipinski definition) is 6. The van der Waals surface area contributed by atoms with Gasteiger partial charge in [-0.05, 0) is 6.92 Å². The van der Waals surface area contributed by atoms with Gasteiger partial charge in [-0.3, -0.25) is 0 Å².